The molecular formula is C25H30N2O5. The number of carbonyl (C=O) groups excluding carboxylic acids is 2. The molecule has 32 heavy (non-hydrogen) atoms. The van der Waals surface area contributed by atoms with Crippen molar-refractivity contribution >= 4 is 17.4 Å². The zero-order chi connectivity index (χ0) is 23.0. The highest BCUT2D eigenvalue weighted by atomic mass is 16.5. The molecule has 1 N–H and O–H groups in total. The summed E-state index contributed by atoms with van der Waals surface area (Å²) in [4.78, 5) is 29.8. The molecule has 7 heteroatoms. The van der Waals surface area contributed by atoms with Crippen LogP contribution in [0.5, 0.6) is 5.75 Å². The van der Waals surface area contributed by atoms with Crippen LogP contribution in [0.4, 0.5) is 0 Å². The SMILES string of the molecule is CCN(CC)CCN1C(=O)C(=O)/C(=C(\O)c2ccc3c(c2)CC(C)O3)C1c1ccc(C)o1. The Morgan fingerprint density at radius 3 is 2.59 bits per heavy atom. The minimum absolute atomic E-state index is 0.0656. The third-order valence-electron chi connectivity index (χ3n) is 6.29. The third-order valence-corrected chi connectivity index (χ3v) is 6.29. The highest BCUT2D eigenvalue weighted by Gasteiger charge is 2.47. The van der Waals surface area contributed by atoms with Crippen LogP contribution < -0.4 is 4.74 Å². The number of likely N-dealkylation sites (tertiary alicyclic amines) is 1. The van der Waals surface area contributed by atoms with Gasteiger partial charge in [-0.1, -0.05) is 13.8 Å². The second-order valence-corrected chi connectivity index (χ2v) is 8.42. The molecule has 0 spiro atoms. The minimum Gasteiger partial charge on any atom is -0.507 e. The summed E-state index contributed by atoms with van der Waals surface area (Å²) in [5, 5.41) is 11.2. The van der Waals surface area contributed by atoms with Crippen LogP contribution in [0.3, 0.4) is 0 Å². The Morgan fingerprint density at radius 1 is 1.19 bits per heavy atom. The van der Waals surface area contributed by atoms with Gasteiger partial charge in [0.05, 0.1) is 5.57 Å². The predicted molar refractivity (Wildman–Crippen MR) is 120 cm³/mol. The fraction of sp³-hybridized carbons (Fsp3) is 0.440. The van der Waals surface area contributed by atoms with Crippen molar-refractivity contribution in [2.75, 3.05) is 26.2 Å². The number of carbonyl (C=O) groups is 2. The summed E-state index contributed by atoms with van der Waals surface area (Å²) in [6.07, 6.45) is 0.800. The lowest BCUT2D eigenvalue weighted by atomic mass is 9.97. The summed E-state index contributed by atoms with van der Waals surface area (Å²) >= 11 is 0. The molecule has 1 fully saturated rings. The molecule has 0 bridgehead atoms. The molecule has 4 rings (SSSR count). The molecule has 0 saturated carbocycles. The van der Waals surface area contributed by atoms with Gasteiger partial charge in [-0.15, -0.1) is 0 Å². The quantitative estimate of drug-likeness (QED) is 0.403. The predicted octanol–water partition coefficient (Wildman–Crippen LogP) is 3.67. The van der Waals surface area contributed by atoms with Crippen molar-refractivity contribution in [2.24, 2.45) is 0 Å². The molecule has 2 aromatic rings. The van der Waals surface area contributed by atoms with Crippen LogP contribution in [0.15, 0.2) is 40.3 Å². The summed E-state index contributed by atoms with van der Waals surface area (Å²) in [6.45, 7) is 10.6. The first kappa shape index (κ1) is 22.1. The molecule has 1 aromatic heterocycles. The fourth-order valence-electron chi connectivity index (χ4n) is 4.52. The zero-order valence-electron chi connectivity index (χ0n) is 19.1. The van der Waals surface area contributed by atoms with Crippen LogP contribution in [0.25, 0.3) is 5.76 Å². The second-order valence-electron chi connectivity index (χ2n) is 8.42. The Labute approximate surface area is 188 Å². The van der Waals surface area contributed by atoms with Crippen LogP contribution in [-0.2, 0) is 16.0 Å². The van der Waals surface area contributed by atoms with Gasteiger partial charge in [0.15, 0.2) is 0 Å². The van der Waals surface area contributed by atoms with Crippen LogP contribution in [0, 0.1) is 6.92 Å². The summed E-state index contributed by atoms with van der Waals surface area (Å²) in [6, 6.07) is 8.16. The number of Topliss-reactive ketones (excluding diaryl/α,β-unsaturated/α-hetero) is 1. The van der Waals surface area contributed by atoms with E-state index in [1.165, 1.54) is 4.90 Å². The number of amides is 1. The maximum absolute atomic E-state index is 13.1. The Bertz CT molecular complexity index is 1070. The lowest BCUT2D eigenvalue weighted by Crippen LogP contribution is -2.37. The number of hydrogen-bond donors (Lipinski definition) is 1. The van der Waals surface area contributed by atoms with E-state index in [2.05, 4.69) is 18.7 Å². The van der Waals surface area contributed by atoms with Crippen molar-refractivity contribution < 1.29 is 23.8 Å². The van der Waals surface area contributed by atoms with E-state index in [0.29, 0.717) is 30.2 Å². The molecule has 170 valence electrons. The number of rotatable bonds is 7. The second kappa shape index (κ2) is 8.82. The number of hydrogen-bond acceptors (Lipinski definition) is 6. The normalized spacial score (nSPS) is 22.0. The first-order valence-electron chi connectivity index (χ1n) is 11.2. The number of likely N-dealkylation sites (N-methyl/N-ethyl adjacent to an activating group) is 1. The fourth-order valence-corrected chi connectivity index (χ4v) is 4.52. The number of fused-ring (bicyclic) bond motifs is 1. The van der Waals surface area contributed by atoms with Crippen LogP contribution in [0.2, 0.25) is 0 Å². The topological polar surface area (TPSA) is 83.2 Å². The van der Waals surface area contributed by atoms with E-state index in [0.717, 1.165) is 30.8 Å². The van der Waals surface area contributed by atoms with Gasteiger partial charge in [0, 0.05) is 25.1 Å². The maximum atomic E-state index is 13.1. The molecular weight excluding hydrogens is 408 g/mol. The molecule has 2 atom stereocenters. The lowest BCUT2D eigenvalue weighted by Gasteiger charge is -2.26. The molecule has 2 aliphatic rings. The molecule has 0 radical (unpaired) electrons. The molecule has 3 heterocycles. The molecule has 2 unspecified atom stereocenters. The highest BCUT2D eigenvalue weighted by molar-refractivity contribution is 6.46. The van der Waals surface area contributed by atoms with Gasteiger partial charge >= 0.3 is 0 Å². The van der Waals surface area contributed by atoms with Gasteiger partial charge in [-0.3, -0.25) is 9.59 Å². The maximum Gasteiger partial charge on any atom is 0.295 e. The van der Waals surface area contributed by atoms with E-state index in [1.807, 2.05) is 19.9 Å². The van der Waals surface area contributed by atoms with E-state index in [4.69, 9.17) is 9.15 Å². The Hall–Kier alpha value is -3.06. The van der Waals surface area contributed by atoms with Gasteiger partial charge in [-0.05, 0) is 62.8 Å². The third kappa shape index (κ3) is 3.93. The van der Waals surface area contributed by atoms with Gasteiger partial charge in [0.25, 0.3) is 11.7 Å². The number of nitrogens with zero attached hydrogens (tertiary/aromatic N) is 2. The largest absolute Gasteiger partial charge is 0.507 e. The number of aliphatic hydroxyl groups is 1. The average molecular weight is 439 g/mol. The van der Waals surface area contributed by atoms with Crippen molar-refractivity contribution in [2.45, 2.75) is 46.3 Å². The van der Waals surface area contributed by atoms with Crippen molar-refractivity contribution in [1.29, 1.82) is 0 Å². The van der Waals surface area contributed by atoms with Gasteiger partial charge in [-0.2, -0.15) is 0 Å². The smallest absolute Gasteiger partial charge is 0.295 e. The number of aliphatic hydroxyl groups excluding tert-OH is 1. The zero-order valence-corrected chi connectivity index (χ0v) is 19.1. The standard InChI is InChI=1S/C25H30N2O5/c1-5-26(6-2)11-12-27-22(20-9-7-15(3)31-20)21(24(29)25(27)30)23(28)17-8-10-19-18(14-17)13-16(4)32-19/h7-10,14,16,22,28H,5-6,11-13H2,1-4H3/b23-21-. The first-order valence-corrected chi connectivity index (χ1v) is 11.2. The van der Waals surface area contributed by atoms with E-state index in [1.54, 1.807) is 24.3 Å². The average Bonchev–Trinajstić information content (AvgIpc) is 3.44. The van der Waals surface area contributed by atoms with E-state index < -0.39 is 17.7 Å². The Morgan fingerprint density at radius 2 is 1.94 bits per heavy atom. The number of benzene rings is 1. The molecule has 1 saturated heterocycles. The summed E-state index contributed by atoms with van der Waals surface area (Å²) in [5.74, 6) is 0.447. The van der Waals surface area contributed by atoms with Gasteiger partial charge < -0.3 is 24.1 Å². The highest BCUT2D eigenvalue weighted by Crippen LogP contribution is 2.41. The summed E-state index contributed by atoms with van der Waals surface area (Å²) < 4.78 is 11.6. The molecule has 2 aliphatic heterocycles. The van der Waals surface area contributed by atoms with Crippen molar-refractivity contribution in [3.05, 3.63) is 58.6 Å². The Kier molecular flexibility index (Phi) is 6.11. The molecule has 1 aromatic carbocycles. The summed E-state index contributed by atoms with van der Waals surface area (Å²) in [7, 11) is 0. The monoisotopic (exact) mass is 438 g/mol. The van der Waals surface area contributed by atoms with Crippen LogP contribution >= 0.6 is 0 Å². The van der Waals surface area contributed by atoms with Gasteiger partial charge in [0.2, 0.25) is 0 Å². The first-order chi connectivity index (χ1) is 15.3. The van der Waals surface area contributed by atoms with Crippen molar-refractivity contribution in [1.82, 2.24) is 9.80 Å². The van der Waals surface area contributed by atoms with Crippen LogP contribution in [-0.4, -0.2) is 58.9 Å². The van der Waals surface area contributed by atoms with E-state index in [9.17, 15) is 14.7 Å². The molecule has 1 amide bonds. The van der Waals surface area contributed by atoms with Gasteiger partial charge in [-0.25, -0.2) is 0 Å². The van der Waals surface area contributed by atoms with E-state index >= 15 is 0 Å². The van der Waals surface area contributed by atoms with E-state index in [-0.39, 0.29) is 17.4 Å². The number of ketones is 1. The summed E-state index contributed by atoms with van der Waals surface area (Å²) in [5.41, 5.74) is 1.54. The number of ether oxygens (including phenoxy) is 1. The number of aryl methyl sites for hydroxylation is 1. The lowest BCUT2D eigenvalue weighted by molar-refractivity contribution is -0.140. The Balaban J connectivity index is 1.76. The van der Waals surface area contributed by atoms with Crippen LogP contribution in [0.1, 0.15) is 49.5 Å². The number of furan rings is 1. The molecule has 0 aliphatic carbocycles. The van der Waals surface area contributed by atoms with Crippen molar-refractivity contribution in [3.8, 4) is 5.75 Å². The van der Waals surface area contributed by atoms with Crippen molar-refractivity contribution in [3.63, 3.8) is 0 Å². The minimum atomic E-state index is -0.761. The molecule has 7 nitrogen and oxygen atoms in total. The van der Waals surface area contributed by atoms with Gasteiger partial charge in [0.1, 0.15) is 35.2 Å².